The number of hydrogen-bond donors (Lipinski definition) is 2. The third kappa shape index (κ3) is 8.41. The van der Waals surface area contributed by atoms with E-state index in [9.17, 15) is 9.59 Å². The van der Waals surface area contributed by atoms with Crippen LogP contribution in [-0.4, -0.2) is 42.0 Å². The SMILES string of the molecule is C/C=C(\C=NC)c1cccc(/C(=C/C)N=C(NC(=O)CNC(=O)c2ccn(C(C)(C)C)c2)C(C)CC)c1. The van der Waals surface area contributed by atoms with E-state index in [1.54, 1.807) is 19.3 Å². The number of rotatable bonds is 9. The van der Waals surface area contributed by atoms with E-state index < -0.39 is 0 Å². The Bertz CT molecular complexity index is 1210. The number of carbonyl (C=O) groups is 2. The van der Waals surface area contributed by atoms with Crippen molar-refractivity contribution in [2.75, 3.05) is 13.6 Å². The molecule has 0 saturated carbocycles. The van der Waals surface area contributed by atoms with Crippen molar-refractivity contribution in [2.45, 2.75) is 60.4 Å². The molecule has 0 aliphatic carbocycles. The fraction of sp³-hybridized carbons (Fsp3) is 0.400. The van der Waals surface area contributed by atoms with E-state index in [2.05, 4.69) is 42.5 Å². The summed E-state index contributed by atoms with van der Waals surface area (Å²) in [5.74, 6) is -0.0128. The highest BCUT2D eigenvalue weighted by Crippen LogP contribution is 2.22. The van der Waals surface area contributed by atoms with Crippen LogP contribution in [0.2, 0.25) is 0 Å². The lowest BCUT2D eigenvalue weighted by atomic mass is 10.0. The van der Waals surface area contributed by atoms with Crippen LogP contribution in [0.15, 0.2) is 64.9 Å². The molecule has 198 valence electrons. The van der Waals surface area contributed by atoms with Crippen LogP contribution in [0.1, 0.15) is 76.4 Å². The zero-order chi connectivity index (χ0) is 27.6. The minimum atomic E-state index is -0.317. The molecule has 0 saturated heterocycles. The molecule has 1 atom stereocenters. The number of amidine groups is 1. The number of amides is 2. The number of hydrogen-bond acceptors (Lipinski definition) is 4. The Morgan fingerprint density at radius 3 is 2.35 bits per heavy atom. The van der Waals surface area contributed by atoms with Crippen molar-refractivity contribution < 1.29 is 9.59 Å². The second kappa shape index (κ2) is 13.5. The molecule has 1 heterocycles. The predicted octanol–water partition coefficient (Wildman–Crippen LogP) is 5.70. The molecule has 0 radical (unpaired) electrons. The average molecular weight is 504 g/mol. The van der Waals surface area contributed by atoms with Gasteiger partial charge < -0.3 is 15.2 Å². The molecule has 37 heavy (non-hydrogen) atoms. The molecular weight excluding hydrogens is 462 g/mol. The smallest absolute Gasteiger partial charge is 0.253 e. The fourth-order valence-corrected chi connectivity index (χ4v) is 3.59. The van der Waals surface area contributed by atoms with Gasteiger partial charge in [0.25, 0.3) is 5.91 Å². The second-order valence-electron chi connectivity index (χ2n) is 9.90. The van der Waals surface area contributed by atoms with E-state index in [-0.39, 0.29) is 29.8 Å². The highest BCUT2D eigenvalue weighted by molar-refractivity contribution is 6.10. The zero-order valence-electron chi connectivity index (χ0n) is 23.4. The van der Waals surface area contributed by atoms with Gasteiger partial charge in [0.15, 0.2) is 0 Å². The van der Waals surface area contributed by atoms with Crippen LogP contribution in [-0.2, 0) is 10.3 Å². The molecule has 0 bridgehead atoms. The fourth-order valence-electron chi connectivity index (χ4n) is 3.59. The summed E-state index contributed by atoms with van der Waals surface area (Å²) in [4.78, 5) is 34.3. The number of nitrogens with zero attached hydrogens (tertiary/aromatic N) is 3. The van der Waals surface area contributed by atoms with Crippen LogP contribution in [0.5, 0.6) is 0 Å². The van der Waals surface area contributed by atoms with Gasteiger partial charge in [-0.25, -0.2) is 4.99 Å². The second-order valence-corrected chi connectivity index (χ2v) is 9.90. The molecular formula is C30H41N5O2. The molecule has 0 aliphatic heterocycles. The van der Waals surface area contributed by atoms with Crippen molar-refractivity contribution in [3.63, 3.8) is 0 Å². The lowest BCUT2D eigenvalue weighted by Gasteiger charge is -2.20. The molecule has 2 amide bonds. The standard InChI is InChI=1S/C30H41N5O2/c1-9-21(4)28(33-26(11-3)24-14-12-13-23(17-24)22(10-2)18-31-8)34-27(36)19-32-29(37)25-15-16-35(20-25)30(5,6)7/h10-18,20-21H,9,19H2,1-8H3,(H,32,37)(H,33,34,36)/b22-10+,26-11-,31-18?. The Balaban J connectivity index is 2.19. The molecule has 7 heteroatoms. The maximum Gasteiger partial charge on any atom is 0.253 e. The van der Waals surface area contributed by atoms with Crippen molar-refractivity contribution in [1.29, 1.82) is 0 Å². The molecule has 2 rings (SSSR count). The summed E-state index contributed by atoms with van der Waals surface area (Å²) >= 11 is 0. The average Bonchev–Trinajstić information content (AvgIpc) is 3.39. The Kier molecular flexibility index (Phi) is 10.8. The number of carbonyl (C=O) groups excluding carboxylic acids is 2. The van der Waals surface area contributed by atoms with Gasteiger partial charge in [0.2, 0.25) is 5.91 Å². The molecule has 2 aromatic rings. The van der Waals surface area contributed by atoms with E-state index in [4.69, 9.17) is 4.99 Å². The minimum Gasteiger partial charge on any atom is -0.348 e. The van der Waals surface area contributed by atoms with Crippen LogP contribution in [0.3, 0.4) is 0 Å². The number of aliphatic imine (C=N–C) groups is 2. The molecule has 1 unspecified atom stereocenters. The number of nitrogens with one attached hydrogen (secondary N) is 2. The van der Waals surface area contributed by atoms with Gasteiger partial charge in [0.1, 0.15) is 5.84 Å². The number of allylic oxidation sites excluding steroid dienone is 3. The maximum atomic E-state index is 12.8. The van der Waals surface area contributed by atoms with Crippen molar-refractivity contribution in [2.24, 2.45) is 15.9 Å². The molecule has 2 N–H and O–H groups in total. The predicted molar refractivity (Wildman–Crippen MR) is 155 cm³/mol. The largest absolute Gasteiger partial charge is 0.348 e. The van der Waals surface area contributed by atoms with Crippen LogP contribution in [0, 0.1) is 5.92 Å². The quantitative estimate of drug-likeness (QED) is 0.340. The zero-order valence-corrected chi connectivity index (χ0v) is 23.4. The van der Waals surface area contributed by atoms with Crippen molar-refractivity contribution in [3.8, 4) is 0 Å². The summed E-state index contributed by atoms with van der Waals surface area (Å²) in [7, 11) is 1.75. The normalized spacial score (nSPS) is 14.1. The summed E-state index contributed by atoms with van der Waals surface area (Å²) in [6, 6.07) is 9.84. The van der Waals surface area contributed by atoms with Crippen LogP contribution >= 0.6 is 0 Å². The Morgan fingerprint density at radius 2 is 1.78 bits per heavy atom. The monoisotopic (exact) mass is 503 g/mol. The van der Waals surface area contributed by atoms with Crippen molar-refractivity contribution in [3.05, 3.63) is 71.6 Å². The summed E-state index contributed by atoms with van der Waals surface area (Å²) in [5.41, 5.74) is 4.15. The highest BCUT2D eigenvalue weighted by atomic mass is 16.2. The first-order valence-electron chi connectivity index (χ1n) is 12.7. The summed E-state index contributed by atoms with van der Waals surface area (Å²) in [5, 5.41) is 5.64. The molecule has 7 nitrogen and oxygen atoms in total. The summed E-state index contributed by atoms with van der Waals surface area (Å²) in [6.07, 6.45) is 10.2. The Morgan fingerprint density at radius 1 is 1.08 bits per heavy atom. The van der Waals surface area contributed by atoms with Gasteiger partial charge in [-0.2, -0.15) is 0 Å². The summed E-state index contributed by atoms with van der Waals surface area (Å²) < 4.78 is 1.97. The van der Waals surface area contributed by atoms with Gasteiger partial charge in [-0.1, -0.05) is 44.2 Å². The Hall–Kier alpha value is -3.74. The number of benzene rings is 1. The molecule has 0 spiro atoms. The topological polar surface area (TPSA) is 87.8 Å². The van der Waals surface area contributed by atoms with Crippen molar-refractivity contribution >= 4 is 35.1 Å². The lowest BCUT2D eigenvalue weighted by Crippen LogP contribution is -2.41. The van der Waals surface area contributed by atoms with Crippen molar-refractivity contribution in [1.82, 2.24) is 15.2 Å². The first-order valence-corrected chi connectivity index (χ1v) is 12.7. The number of aromatic nitrogens is 1. The van der Waals surface area contributed by atoms with Gasteiger partial charge in [-0.3, -0.25) is 14.6 Å². The lowest BCUT2D eigenvalue weighted by molar-refractivity contribution is -0.118. The minimum absolute atomic E-state index is 0.0249. The summed E-state index contributed by atoms with van der Waals surface area (Å²) in [6.45, 7) is 14.0. The molecule has 0 aliphatic rings. The molecule has 1 aromatic carbocycles. The van der Waals surface area contributed by atoms with E-state index in [1.165, 1.54) is 0 Å². The van der Waals surface area contributed by atoms with E-state index in [0.29, 0.717) is 11.4 Å². The van der Waals surface area contributed by atoms with Gasteiger partial charge in [-0.15, -0.1) is 0 Å². The molecule has 1 aromatic heterocycles. The van der Waals surface area contributed by atoms with Crippen LogP contribution < -0.4 is 10.6 Å². The first kappa shape index (κ1) is 29.5. The Labute approximate surface area is 221 Å². The van der Waals surface area contributed by atoms with E-state index in [0.717, 1.165) is 28.8 Å². The van der Waals surface area contributed by atoms with E-state index >= 15 is 0 Å². The van der Waals surface area contributed by atoms with Gasteiger partial charge in [0.05, 0.1) is 17.8 Å². The third-order valence-electron chi connectivity index (χ3n) is 6.07. The first-order chi connectivity index (χ1) is 17.5. The van der Waals surface area contributed by atoms with E-state index in [1.807, 2.05) is 75.0 Å². The van der Waals surface area contributed by atoms with Gasteiger partial charge >= 0.3 is 0 Å². The van der Waals surface area contributed by atoms with Crippen LogP contribution in [0.25, 0.3) is 11.3 Å². The third-order valence-corrected chi connectivity index (χ3v) is 6.07. The van der Waals surface area contributed by atoms with Gasteiger partial charge in [-0.05, 0) is 64.3 Å². The van der Waals surface area contributed by atoms with Crippen LogP contribution in [0.4, 0.5) is 0 Å². The maximum absolute atomic E-state index is 12.8. The molecule has 0 fully saturated rings. The highest BCUT2D eigenvalue weighted by Gasteiger charge is 2.17. The van der Waals surface area contributed by atoms with Gasteiger partial charge in [0, 0.05) is 42.7 Å².